The molecule has 0 saturated carbocycles. The van der Waals surface area contributed by atoms with Gasteiger partial charge in [-0.1, -0.05) is 24.3 Å². The van der Waals surface area contributed by atoms with Gasteiger partial charge in [0.25, 0.3) is 0 Å². The fourth-order valence-corrected chi connectivity index (χ4v) is 3.38. The first-order valence-corrected chi connectivity index (χ1v) is 10.5. The number of aromatic nitrogens is 1. The van der Waals surface area contributed by atoms with Gasteiger partial charge in [-0.25, -0.2) is 9.78 Å². The summed E-state index contributed by atoms with van der Waals surface area (Å²) in [5.74, 6) is 2.04. The second kappa shape index (κ2) is 10.3. The van der Waals surface area contributed by atoms with E-state index in [-0.39, 0.29) is 18.5 Å². The number of nitrogens with one attached hydrogen (secondary N) is 2. The van der Waals surface area contributed by atoms with Gasteiger partial charge in [0.1, 0.15) is 17.3 Å². The number of pyridine rings is 1. The Morgan fingerprint density at radius 1 is 0.844 bits per heavy atom. The van der Waals surface area contributed by atoms with Crippen molar-refractivity contribution in [3.05, 3.63) is 79.0 Å². The minimum absolute atomic E-state index is 0.0957. The number of rotatable bonds is 6. The van der Waals surface area contributed by atoms with E-state index < -0.39 is 0 Å². The second-order valence-electron chi connectivity index (χ2n) is 7.31. The number of hydrogen-bond acceptors (Lipinski definition) is 5. The summed E-state index contributed by atoms with van der Waals surface area (Å²) in [5.41, 5.74) is 0.633. The van der Waals surface area contributed by atoms with Crippen LogP contribution >= 0.6 is 0 Å². The van der Waals surface area contributed by atoms with E-state index in [0.717, 1.165) is 11.6 Å². The maximum Gasteiger partial charge on any atom is 0.317 e. The quantitative estimate of drug-likeness (QED) is 0.625. The van der Waals surface area contributed by atoms with Gasteiger partial charge in [-0.05, 0) is 48.5 Å². The molecular formula is C24H25N5O3. The molecule has 2 heterocycles. The van der Waals surface area contributed by atoms with Gasteiger partial charge in [0.2, 0.25) is 5.91 Å². The van der Waals surface area contributed by atoms with Crippen molar-refractivity contribution in [3.63, 3.8) is 0 Å². The van der Waals surface area contributed by atoms with E-state index in [9.17, 15) is 9.59 Å². The summed E-state index contributed by atoms with van der Waals surface area (Å²) in [6.07, 6.45) is 1.76. The number of carbonyl (C=O) groups is 2. The smallest absolute Gasteiger partial charge is 0.317 e. The van der Waals surface area contributed by atoms with Crippen molar-refractivity contribution in [3.8, 4) is 11.5 Å². The van der Waals surface area contributed by atoms with Crippen molar-refractivity contribution in [2.45, 2.75) is 0 Å². The number of para-hydroxylation sites is 1. The van der Waals surface area contributed by atoms with E-state index in [1.54, 1.807) is 35.4 Å². The van der Waals surface area contributed by atoms with Crippen molar-refractivity contribution < 1.29 is 14.3 Å². The minimum atomic E-state index is -0.290. The Balaban J connectivity index is 1.19. The lowest BCUT2D eigenvalue weighted by Gasteiger charge is -2.35. The number of anilines is 2. The van der Waals surface area contributed by atoms with Crippen LogP contribution in [0.3, 0.4) is 0 Å². The molecule has 2 aromatic carbocycles. The Hall–Kier alpha value is -4.07. The fraction of sp³-hybridized carbons (Fsp3) is 0.208. The Kier molecular flexibility index (Phi) is 6.81. The lowest BCUT2D eigenvalue weighted by molar-refractivity contribution is -0.115. The first-order valence-electron chi connectivity index (χ1n) is 10.5. The average Bonchev–Trinajstić information content (AvgIpc) is 2.85. The molecule has 1 saturated heterocycles. The van der Waals surface area contributed by atoms with Crippen LogP contribution in [0.1, 0.15) is 0 Å². The van der Waals surface area contributed by atoms with Crippen molar-refractivity contribution in [2.24, 2.45) is 0 Å². The number of carbonyl (C=O) groups excluding carboxylic acids is 2. The maximum atomic E-state index is 12.4. The van der Waals surface area contributed by atoms with Crippen molar-refractivity contribution in [2.75, 3.05) is 42.9 Å². The highest BCUT2D eigenvalue weighted by Gasteiger charge is 2.22. The predicted molar refractivity (Wildman–Crippen MR) is 123 cm³/mol. The molecule has 3 aromatic rings. The lowest BCUT2D eigenvalue weighted by atomic mass is 10.3. The summed E-state index contributed by atoms with van der Waals surface area (Å²) < 4.78 is 5.74. The number of ether oxygens (including phenoxy) is 1. The lowest BCUT2D eigenvalue weighted by Crippen LogP contribution is -2.52. The molecule has 0 aliphatic carbocycles. The third kappa shape index (κ3) is 5.75. The average molecular weight is 431 g/mol. The molecule has 1 aliphatic heterocycles. The normalized spacial score (nSPS) is 13.4. The highest BCUT2D eigenvalue weighted by molar-refractivity contribution is 5.94. The zero-order valence-electron chi connectivity index (χ0n) is 17.6. The van der Waals surface area contributed by atoms with Crippen LogP contribution in [-0.4, -0.2) is 54.5 Å². The third-order valence-electron chi connectivity index (χ3n) is 5.06. The molecule has 4 rings (SSSR count). The third-order valence-corrected chi connectivity index (χ3v) is 5.06. The molecule has 0 unspecified atom stereocenters. The van der Waals surface area contributed by atoms with Crippen molar-refractivity contribution in [1.29, 1.82) is 0 Å². The molecule has 164 valence electrons. The number of urea groups is 1. The monoisotopic (exact) mass is 431 g/mol. The summed E-state index contributed by atoms with van der Waals surface area (Å²) in [6.45, 7) is 2.46. The van der Waals surface area contributed by atoms with Crippen LogP contribution in [0.2, 0.25) is 0 Å². The maximum absolute atomic E-state index is 12.4. The molecule has 32 heavy (non-hydrogen) atoms. The molecule has 2 N–H and O–H groups in total. The Morgan fingerprint density at radius 3 is 2.22 bits per heavy atom. The number of amides is 3. The van der Waals surface area contributed by atoms with E-state index in [0.29, 0.717) is 37.6 Å². The van der Waals surface area contributed by atoms with Crippen LogP contribution in [0.4, 0.5) is 16.3 Å². The summed E-state index contributed by atoms with van der Waals surface area (Å²) in [4.78, 5) is 32.8. The standard InChI is InChI=1S/C24H25N5O3/c30-23(27-19-9-11-21(12-10-19)32-20-6-2-1-3-7-20)18-26-24(31)29-16-14-28(15-17-29)22-8-4-5-13-25-22/h1-13H,14-18H2,(H,26,31)(H,27,30). The van der Waals surface area contributed by atoms with Crippen molar-refractivity contribution >= 4 is 23.4 Å². The van der Waals surface area contributed by atoms with Crippen LogP contribution in [0, 0.1) is 0 Å². The predicted octanol–water partition coefficient (Wildman–Crippen LogP) is 3.34. The van der Waals surface area contributed by atoms with Gasteiger partial charge in [-0.15, -0.1) is 0 Å². The molecule has 1 aromatic heterocycles. The molecule has 1 fully saturated rings. The summed E-state index contributed by atoms with van der Waals surface area (Å²) in [7, 11) is 0. The highest BCUT2D eigenvalue weighted by Crippen LogP contribution is 2.22. The van der Waals surface area contributed by atoms with E-state index >= 15 is 0 Å². The van der Waals surface area contributed by atoms with E-state index in [1.807, 2.05) is 48.5 Å². The molecule has 0 spiro atoms. The van der Waals surface area contributed by atoms with E-state index in [4.69, 9.17) is 4.74 Å². The molecular weight excluding hydrogens is 406 g/mol. The van der Waals surface area contributed by atoms with Gasteiger partial charge in [-0.2, -0.15) is 0 Å². The largest absolute Gasteiger partial charge is 0.457 e. The summed E-state index contributed by atoms with van der Waals surface area (Å²) in [5, 5.41) is 5.46. The number of benzene rings is 2. The van der Waals surface area contributed by atoms with Gasteiger partial charge in [0, 0.05) is 38.1 Å². The van der Waals surface area contributed by atoms with Gasteiger partial charge < -0.3 is 25.2 Å². The number of piperazine rings is 1. The fourth-order valence-electron chi connectivity index (χ4n) is 3.38. The molecule has 8 heteroatoms. The van der Waals surface area contributed by atoms with Gasteiger partial charge in [0.05, 0.1) is 6.54 Å². The molecule has 8 nitrogen and oxygen atoms in total. The molecule has 0 bridgehead atoms. The van der Waals surface area contributed by atoms with Crippen LogP contribution in [0.25, 0.3) is 0 Å². The molecule has 0 atom stereocenters. The van der Waals surface area contributed by atoms with Crippen LogP contribution in [0.5, 0.6) is 11.5 Å². The van der Waals surface area contributed by atoms with E-state index in [1.165, 1.54) is 0 Å². The minimum Gasteiger partial charge on any atom is -0.457 e. The van der Waals surface area contributed by atoms with E-state index in [2.05, 4.69) is 20.5 Å². The molecule has 0 radical (unpaired) electrons. The summed E-state index contributed by atoms with van der Waals surface area (Å²) in [6, 6.07) is 22.1. The Bertz CT molecular complexity index is 1020. The zero-order valence-corrected chi connectivity index (χ0v) is 17.6. The Morgan fingerprint density at radius 2 is 1.53 bits per heavy atom. The summed E-state index contributed by atoms with van der Waals surface area (Å²) >= 11 is 0. The first-order chi connectivity index (χ1) is 15.7. The highest BCUT2D eigenvalue weighted by atomic mass is 16.5. The van der Waals surface area contributed by atoms with Crippen LogP contribution < -0.4 is 20.3 Å². The number of hydrogen-bond donors (Lipinski definition) is 2. The van der Waals surface area contributed by atoms with Gasteiger partial charge >= 0.3 is 6.03 Å². The zero-order chi connectivity index (χ0) is 22.2. The number of nitrogens with zero attached hydrogens (tertiary/aromatic N) is 3. The van der Waals surface area contributed by atoms with Crippen LogP contribution in [0.15, 0.2) is 79.0 Å². The Labute approximate surface area is 186 Å². The van der Waals surface area contributed by atoms with Crippen molar-refractivity contribution in [1.82, 2.24) is 15.2 Å². The topological polar surface area (TPSA) is 86.8 Å². The van der Waals surface area contributed by atoms with Gasteiger partial charge in [0.15, 0.2) is 0 Å². The second-order valence-corrected chi connectivity index (χ2v) is 7.31. The SMILES string of the molecule is O=C(CNC(=O)N1CCN(c2ccccn2)CC1)Nc1ccc(Oc2ccccc2)cc1. The molecule has 1 aliphatic rings. The van der Waals surface area contributed by atoms with Crippen LogP contribution in [-0.2, 0) is 4.79 Å². The van der Waals surface area contributed by atoms with Gasteiger partial charge in [-0.3, -0.25) is 4.79 Å². The first kappa shape index (κ1) is 21.2. The molecule has 3 amide bonds.